The second-order valence-electron chi connectivity index (χ2n) is 10.4. The molecule has 40 heavy (non-hydrogen) atoms. The molecule has 0 radical (unpaired) electrons. The summed E-state index contributed by atoms with van der Waals surface area (Å²) >= 11 is 0. The number of anilines is 1. The molecule has 7 nitrogen and oxygen atoms in total. The fourth-order valence-electron chi connectivity index (χ4n) is 6.37. The minimum absolute atomic E-state index is 0.0217. The third-order valence-corrected chi connectivity index (χ3v) is 8.23. The normalized spacial score (nSPS) is 20.0. The minimum Gasteiger partial charge on any atom is -0.490 e. The highest BCUT2D eigenvalue weighted by molar-refractivity contribution is 6.01. The number of piperazine rings is 1. The number of nitrogens with zero attached hydrogens (tertiary/aromatic N) is 3. The van der Waals surface area contributed by atoms with Crippen molar-refractivity contribution in [1.29, 1.82) is 0 Å². The quantitative estimate of drug-likeness (QED) is 0.447. The van der Waals surface area contributed by atoms with E-state index in [1.807, 2.05) is 60.0 Å². The van der Waals surface area contributed by atoms with E-state index >= 15 is 0 Å². The topological polar surface area (TPSA) is 62.3 Å². The molecule has 3 aromatic carbocycles. The van der Waals surface area contributed by atoms with Crippen LogP contribution >= 0.6 is 0 Å². The number of hydrogen-bond donors (Lipinski definition) is 0. The van der Waals surface area contributed by atoms with Crippen LogP contribution in [0.2, 0.25) is 0 Å². The van der Waals surface area contributed by atoms with E-state index in [-0.39, 0.29) is 17.6 Å². The summed E-state index contributed by atoms with van der Waals surface area (Å²) in [6.07, 6.45) is 0.684. The molecule has 0 aromatic heterocycles. The first kappa shape index (κ1) is 26.2. The molecule has 208 valence electrons. The summed E-state index contributed by atoms with van der Waals surface area (Å²) in [5, 5.41) is 0. The molecular formula is C32H34FN3O4. The third-order valence-electron chi connectivity index (χ3n) is 8.23. The summed E-state index contributed by atoms with van der Waals surface area (Å²) in [7, 11) is 0. The lowest BCUT2D eigenvalue weighted by Crippen LogP contribution is -2.54. The second-order valence-corrected chi connectivity index (χ2v) is 10.4. The molecule has 0 aliphatic carbocycles. The Balaban J connectivity index is 1.36. The summed E-state index contributed by atoms with van der Waals surface area (Å²) in [4.78, 5) is 34.1. The van der Waals surface area contributed by atoms with Crippen molar-refractivity contribution in [2.24, 2.45) is 0 Å². The van der Waals surface area contributed by atoms with Crippen molar-refractivity contribution >= 4 is 17.5 Å². The molecular weight excluding hydrogens is 509 g/mol. The van der Waals surface area contributed by atoms with Gasteiger partial charge in [0.05, 0.1) is 25.2 Å². The Bertz CT molecular complexity index is 1420. The van der Waals surface area contributed by atoms with Crippen LogP contribution in [0.15, 0.2) is 60.7 Å². The minimum atomic E-state index is -0.530. The average molecular weight is 544 g/mol. The lowest BCUT2D eigenvalue weighted by molar-refractivity contribution is -0.135. The zero-order valence-corrected chi connectivity index (χ0v) is 22.9. The highest BCUT2D eigenvalue weighted by atomic mass is 19.1. The molecule has 3 aliphatic rings. The van der Waals surface area contributed by atoms with Crippen LogP contribution in [0.25, 0.3) is 0 Å². The van der Waals surface area contributed by atoms with Gasteiger partial charge in [-0.25, -0.2) is 4.39 Å². The fraction of sp³-hybridized carbons (Fsp3) is 0.375. The van der Waals surface area contributed by atoms with Gasteiger partial charge in [0.15, 0.2) is 11.5 Å². The molecule has 6 rings (SSSR count). The summed E-state index contributed by atoms with van der Waals surface area (Å²) in [5.41, 5.74) is 4.35. The number of carbonyl (C=O) groups is 2. The van der Waals surface area contributed by atoms with Gasteiger partial charge in [0.25, 0.3) is 5.91 Å². The Hall–Kier alpha value is -4.07. The van der Waals surface area contributed by atoms with Crippen molar-refractivity contribution in [3.05, 3.63) is 88.7 Å². The van der Waals surface area contributed by atoms with Crippen LogP contribution in [0.1, 0.15) is 52.9 Å². The molecule has 0 unspecified atom stereocenters. The predicted molar refractivity (Wildman–Crippen MR) is 151 cm³/mol. The molecule has 1 fully saturated rings. The molecule has 2 atom stereocenters. The number of carbonyl (C=O) groups excluding carboxylic acids is 2. The van der Waals surface area contributed by atoms with Gasteiger partial charge >= 0.3 is 0 Å². The summed E-state index contributed by atoms with van der Waals surface area (Å²) < 4.78 is 25.3. The monoisotopic (exact) mass is 543 g/mol. The van der Waals surface area contributed by atoms with Crippen molar-refractivity contribution < 1.29 is 23.5 Å². The van der Waals surface area contributed by atoms with E-state index < -0.39 is 12.0 Å². The first-order valence-electron chi connectivity index (χ1n) is 14.1. The molecule has 3 heterocycles. The summed E-state index contributed by atoms with van der Waals surface area (Å²) in [5.74, 6) is 0.518. The number of amides is 2. The fourth-order valence-corrected chi connectivity index (χ4v) is 6.37. The van der Waals surface area contributed by atoms with Crippen LogP contribution in [0.3, 0.4) is 0 Å². The Labute approximate surface area is 234 Å². The highest BCUT2D eigenvalue weighted by Gasteiger charge is 2.48. The zero-order valence-electron chi connectivity index (χ0n) is 22.9. The molecule has 3 aliphatic heterocycles. The number of halogens is 1. The van der Waals surface area contributed by atoms with Crippen molar-refractivity contribution in [1.82, 2.24) is 9.80 Å². The van der Waals surface area contributed by atoms with E-state index in [9.17, 15) is 14.0 Å². The van der Waals surface area contributed by atoms with Gasteiger partial charge in [0, 0.05) is 44.0 Å². The molecule has 0 saturated carbocycles. The third kappa shape index (κ3) is 4.55. The van der Waals surface area contributed by atoms with Crippen LogP contribution in [0.4, 0.5) is 10.1 Å². The maximum Gasteiger partial charge on any atom is 0.254 e. The molecule has 8 heteroatoms. The van der Waals surface area contributed by atoms with E-state index in [1.165, 1.54) is 12.1 Å². The molecule has 3 aromatic rings. The molecule has 0 spiro atoms. The Morgan fingerprint density at radius 2 is 1.55 bits per heavy atom. The van der Waals surface area contributed by atoms with Crippen LogP contribution < -0.4 is 14.4 Å². The average Bonchev–Trinajstić information content (AvgIpc) is 2.98. The first-order valence-corrected chi connectivity index (χ1v) is 14.1. The van der Waals surface area contributed by atoms with Gasteiger partial charge in [-0.1, -0.05) is 18.2 Å². The van der Waals surface area contributed by atoms with Gasteiger partial charge in [-0.2, -0.15) is 0 Å². The molecule has 1 saturated heterocycles. The lowest BCUT2D eigenvalue weighted by atomic mass is 9.75. The van der Waals surface area contributed by atoms with E-state index in [4.69, 9.17) is 9.47 Å². The van der Waals surface area contributed by atoms with Crippen LogP contribution in [0.5, 0.6) is 11.5 Å². The largest absolute Gasteiger partial charge is 0.490 e. The van der Waals surface area contributed by atoms with Crippen LogP contribution in [0, 0.1) is 5.82 Å². The van der Waals surface area contributed by atoms with Gasteiger partial charge in [-0.15, -0.1) is 0 Å². The van der Waals surface area contributed by atoms with Gasteiger partial charge in [0.2, 0.25) is 5.91 Å². The Morgan fingerprint density at radius 1 is 0.875 bits per heavy atom. The van der Waals surface area contributed by atoms with Crippen molar-refractivity contribution in [3.63, 3.8) is 0 Å². The smallest absolute Gasteiger partial charge is 0.254 e. The highest BCUT2D eigenvalue weighted by Crippen LogP contribution is 2.49. The SMILES string of the molecule is CCOc1cc2c(cc1OCC)[C@H]1[C@H](C(=O)N3CCN(c4ccc(F)cc4)CC3)c3ccccc3C(=O)N1CC2. The van der Waals surface area contributed by atoms with Crippen molar-refractivity contribution in [2.45, 2.75) is 32.2 Å². The summed E-state index contributed by atoms with van der Waals surface area (Å²) in [6, 6.07) is 17.6. The van der Waals surface area contributed by atoms with Gasteiger partial charge in [0.1, 0.15) is 5.82 Å². The molecule has 2 amide bonds. The van der Waals surface area contributed by atoms with E-state index in [0.717, 1.165) is 22.4 Å². The maximum atomic E-state index is 14.4. The second kappa shape index (κ2) is 10.8. The number of hydrogen-bond acceptors (Lipinski definition) is 5. The number of fused-ring (bicyclic) bond motifs is 4. The Morgan fingerprint density at radius 3 is 2.25 bits per heavy atom. The standard InChI is InChI=1S/C32H34FN3O4/c1-3-39-27-19-21-13-14-36-30(26(21)20-28(27)40-4-2)29(24-7-5-6-8-25(24)31(36)37)32(38)35-17-15-34(16-18-35)23-11-9-22(33)10-12-23/h5-12,19-20,29-30H,3-4,13-18H2,1-2H3/t29-,30+/m1/s1. The van der Waals surface area contributed by atoms with E-state index in [0.29, 0.717) is 69.4 Å². The van der Waals surface area contributed by atoms with Gasteiger partial charge in [-0.3, -0.25) is 9.59 Å². The molecule has 0 N–H and O–H groups in total. The first-order chi connectivity index (χ1) is 19.5. The van der Waals surface area contributed by atoms with E-state index in [2.05, 4.69) is 4.90 Å². The van der Waals surface area contributed by atoms with E-state index in [1.54, 1.807) is 12.1 Å². The zero-order chi connectivity index (χ0) is 27.8. The van der Waals surface area contributed by atoms with Crippen LogP contribution in [-0.4, -0.2) is 67.6 Å². The van der Waals surface area contributed by atoms with Crippen LogP contribution in [-0.2, 0) is 11.2 Å². The molecule has 0 bridgehead atoms. The van der Waals surface area contributed by atoms with Gasteiger partial charge in [-0.05, 0) is 79.4 Å². The maximum absolute atomic E-state index is 14.4. The summed E-state index contributed by atoms with van der Waals surface area (Å²) in [6.45, 7) is 7.82. The van der Waals surface area contributed by atoms with Crippen molar-refractivity contribution in [2.75, 3.05) is 50.8 Å². The van der Waals surface area contributed by atoms with Crippen molar-refractivity contribution in [3.8, 4) is 11.5 Å². The van der Waals surface area contributed by atoms with Gasteiger partial charge < -0.3 is 24.2 Å². The lowest BCUT2D eigenvalue weighted by Gasteiger charge is -2.47. The Kier molecular flexibility index (Phi) is 7.09. The number of rotatable bonds is 6. The number of benzene rings is 3. The number of ether oxygens (including phenoxy) is 2. The predicted octanol–water partition coefficient (Wildman–Crippen LogP) is 4.81.